The molecule has 3 heteroatoms. The van der Waals surface area contributed by atoms with E-state index in [0.29, 0.717) is 11.4 Å². The number of aromatic nitrogens is 1. The van der Waals surface area contributed by atoms with E-state index in [-0.39, 0.29) is 0 Å². The first-order valence-corrected chi connectivity index (χ1v) is 6.29. The second kappa shape index (κ2) is 5.51. The molecule has 0 aliphatic heterocycles. The summed E-state index contributed by atoms with van der Waals surface area (Å²) in [5, 5.41) is 10.9. The summed E-state index contributed by atoms with van der Waals surface area (Å²) in [7, 11) is 0. The molecule has 0 spiro atoms. The first-order valence-electron chi connectivity index (χ1n) is 5.92. The molecule has 94 valence electrons. The van der Waals surface area contributed by atoms with E-state index in [0.717, 1.165) is 22.4 Å². The van der Waals surface area contributed by atoms with Crippen molar-refractivity contribution in [3.05, 3.63) is 63.9 Å². The summed E-state index contributed by atoms with van der Waals surface area (Å²) >= 11 is 5.96. The lowest BCUT2D eigenvalue weighted by Crippen LogP contribution is -2.05. The van der Waals surface area contributed by atoms with Crippen LogP contribution in [0.5, 0.6) is 0 Å². The molecule has 0 bridgehead atoms. The average Bonchev–Trinajstić information content (AvgIpc) is 2.35. The number of benzene rings is 1. The Kier molecular flexibility index (Phi) is 4.00. The van der Waals surface area contributed by atoms with Crippen molar-refractivity contribution in [2.24, 2.45) is 0 Å². The third kappa shape index (κ3) is 3.09. The van der Waals surface area contributed by atoms with Gasteiger partial charge in [-0.3, -0.25) is 4.98 Å². The van der Waals surface area contributed by atoms with Crippen LogP contribution >= 0.6 is 11.6 Å². The first kappa shape index (κ1) is 13.1. The number of halogens is 1. The van der Waals surface area contributed by atoms with Crippen LogP contribution in [0, 0.1) is 13.8 Å². The highest BCUT2D eigenvalue weighted by molar-refractivity contribution is 6.30. The zero-order chi connectivity index (χ0) is 13.1. The largest absolute Gasteiger partial charge is 0.388 e. The molecule has 0 aliphatic carbocycles. The fourth-order valence-corrected chi connectivity index (χ4v) is 2.08. The number of hydrogen-bond donors (Lipinski definition) is 1. The molecule has 0 aliphatic rings. The van der Waals surface area contributed by atoms with Gasteiger partial charge in [0.1, 0.15) is 0 Å². The third-order valence-corrected chi connectivity index (χ3v) is 3.21. The number of rotatable bonds is 3. The number of pyridine rings is 1. The summed E-state index contributed by atoms with van der Waals surface area (Å²) < 4.78 is 0. The van der Waals surface area contributed by atoms with E-state index in [9.17, 15) is 5.11 Å². The van der Waals surface area contributed by atoms with Gasteiger partial charge in [-0.05, 0) is 48.7 Å². The third-order valence-electron chi connectivity index (χ3n) is 2.98. The van der Waals surface area contributed by atoms with Gasteiger partial charge in [0, 0.05) is 23.3 Å². The van der Waals surface area contributed by atoms with Crippen LogP contribution in [0.4, 0.5) is 0 Å². The summed E-state index contributed by atoms with van der Waals surface area (Å²) in [4.78, 5) is 4.30. The zero-order valence-corrected chi connectivity index (χ0v) is 11.3. The first-order chi connectivity index (χ1) is 8.56. The van der Waals surface area contributed by atoms with E-state index in [2.05, 4.69) is 4.98 Å². The SMILES string of the molecule is Cc1ccc(CC(O)c2cc(Cl)ccc2C)nc1. The van der Waals surface area contributed by atoms with E-state index in [4.69, 9.17) is 11.6 Å². The fourth-order valence-electron chi connectivity index (χ4n) is 1.90. The highest BCUT2D eigenvalue weighted by Crippen LogP contribution is 2.24. The zero-order valence-electron chi connectivity index (χ0n) is 10.5. The molecule has 0 saturated heterocycles. The number of aliphatic hydroxyl groups excluding tert-OH is 1. The van der Waals surface area contributed by atoms with E-state index in [1.54, 1.807) is 0 Å². The Hall–Kier alpha value is -1.38. The summed E-state index contributed by atoms with van der Waals surface area (Å²) in [5.74, 6) is 0. The molecule has 0 fully saturated rings. The molecular formula is C15H16ClNO. The molecule has 0 saturated carbocycles. The lowest BCUT2D eigenvalue weighted by Gasteiger charge is -2.13. The van der Waals surface area contributed by atoms with E-state index >= 15 is 0 Å². The predicted molar refractivity (Wildman–Crippen MR) is 73.8 cm³/mol. The summed E-state index contributed by atoms with van der Waals surface area (Å²) in [6.45, 7) is 3.96. The average molecular weight is 262 g/mol. The van der Waals surface area contributed by atoms with Crippen LogP contribution in [0.1, 0.15) is 28.5 Å². The maximum Gasteiger partial charge on any atom is 0.0848 e. The van der Waals surface area contributed by atoms with Crippen LogP contribution in [0.3, 0.4) is 0 Å². The molecule has 2 rings (SSSR count). The van der Waals surface area contributed by atoms with E-state index < -0.39 is 6.10 Å². The molecule has 18 heavy (non-hydrogen) atoms. The van der Waals surface area contributed by atoms with Crippen molar-refractivity contribution in [1.82, 2.24) is 4.98 Å². The van der Waals surface area contributed by atoms with Crippen molar-refractivity contribution in [3.63, 3.8) is 0 Å². The quantitative estimate of drug-likeness (QED) is 0.915. The molecule has 2 aromatic rings. The number of aliphatic hydroxyl groups is 1. The topological polar surface area (TPSA) is 33.1 Å². The van der Waals surface area contributed by atoms with Crippen molar-refractivity contribution >= 4 is 11.6 Å². The van der Waals surface area contributed by atoms with E-state index in [1.807, 2.05) is 50.4 Å². The summed E-state index contributed by atoms with van der Waals surface area (Å²) in [6, 6.07) is 9.51. The maximum absolute atomic E-state index is 10.2. The molecule has 1 aromatic carbocycles. The van der Waals surface area contributed by atoms with E-state index in [1.165, 1.54) is 0 Å². The minimum Gasteiger partial charge on any atom is -0.388 e. The molecule has 1 unspecified atom stereocenters. The Labute approximate surface area is 112 Å². The lowest BCUT2D eigenvalue weighted by atomic mass is 10.00. The maximum atomic E-state index is 10.2. The van der Waals surface area contributed by atoms with Gasteiger partial charge in [0.2, 0.25) is 0 Å². The Balaban J connectivity index is 2.18. The monoisotopic (exact) mass is 261 g/mol. The van der Waals surface area contributed by atoms with Gasteiger partial charge in [-0.2, -0.15) is 0 Å². The van der Waals surface area contributed by atoms with Gasteiger partial charge in [-0.1, -0.05) is 23.7 Å². The molecule has 0 amide bonds. The molecule has 1 aromatic heterocycles. The van der Waals surface area contributed by atoms with Crippen molar-refractivity contribution in [2.45, 2.75) is 26.4 Å². The van der Waals surface area contributed by atoms with Crippen molar-refractivity contribution in [3.8, 4) is 0 Å². The van der Waals surface area contributed by atoms with Gasteiger partial charge >= 0.3 is 0 Å². The highest BCUT2D eigenvalue weighted by Gasteiger charge is 2.12. The molecule has 1 N–H and O–H groups in total. The molecular weight excluding hydrogens is 246 g/mol. The van der Waals surface area contributed by atoms with Crippen LogP contribution in [0.2, 0.25) is 5.02 Å². The molecule has 1 atom stereocenters. The van der Waals surface area contributed by atoms with Gasteiger partial charge in [0.05, 0.1) is 6.10 Å². The Bertz CT molecular complexity index is 537. The Morgan fingerprint density at radius 3 is 2.67 bits per heavy atom. The van der Waals surface area contributed by atoms with Gasteiger partial charge in [0.15, 0.2) is 0 Å². The minimum absolute atomic E-state index is 0.501. The van der Waals surface area contributed by atoms with Crippen LogP contribution < -0.4 is 0 Å². The fraction of sp³-hybridized carbons (Fsp3) is 0.267. The van der Waals surface area contributed by atoms with Crippen LogP contribution in [-0.2, 0) is 6.42 Å². The highest BCUT2D eigenvalue weighted by atomic mass is 35.5. The van der Waals surface area contributed by atoms with Gasteiger partial charge < -0.3 is 5.11 Å². The van der Waals surface area contributed by atoms with Crippen LogP contribution in [0.15, 0.2) is 36.5 Å². The second-order valence-corrected chi connectivity index (χ2v) is 4.98. The van der Waals surface area contributed by atoms with Gasteiger partial charge in [0.25, 0.3) is 0 Å². The minimum atomic E-state index is -0.570. The molecule has 0 radical (unpaired) electrons. The standard InChI is InChI=1S/C15H16ClNO/c1-10-3-6-13(17-9-10)8-15(18)14-7-12(16)5-4-11(14)2/h3-7,9,15,18H,8H2,1-2H3. The summed E-state index contributed by atoms with van der Waals surface area (Å²) in [5.41, 5.74) is 3.91. The van der Waals surface area contributed by atoms with Crippen molar-refractivity contribution < 1.29 is 5.11 Å². The van der Waals surface area contributed by atoms with Crippen LogP contribution in [-0.4, -0.2) is 10.1 Å². The lowest BCUT2D eigenvalue weighted by molar-refractivity contribution is 0.176. The number of nitrogens with zero attached hydrogens (tertiary/aromatic N) is 1. The van der Waals surface area contributed by atoms with Crippen LogP contribution in [0.25, 0.3) is 0 Å². The Morgan fingerprint density at radius 1 is 1.22 bits per heavy atom. The Morgan fingerprint density at radius 2 is 2.00 bits per heavy atom. The molecule has 1 heterocycles. The van der Waals surface area contributed by atoms with Crippen molar-refractivity contribution in [2.75, 3.05) is 0 Å². The number of hydrogen-bond acceptors (Lipinski definition) is 2. The van der Waals surface area contributed by atoms with Crippen molar-refractivity contribution in [1.29, 1.82) is 0 Å². The molecule has 2 nitrogen and oxygen atoms in total. The normalized spacial score (nSPS) is 12.4. The number of aryl methyl sites for hydroxylation is 2. The predicted octanol–water partition coefficient (Wildman–Crippen LogP) is 3.63. The van der Waals surface area contributed by atoms with Gasteiger partial charge in [-0.15, -0.1) is 0 Å². The second-order valence-electron chi connectivity index (χ2n) is 4.55. The smallest absolute Gasteiger partial charge is 0.0848 e. The summed E-state index contributed by atoms with van der Waals surface area (Å²) in [6.07, 6.45) is 1.74. The van der Waals surface area contributed by atoms with Gasteiger partial charge in [-0.25, -0.2) is 0 Å².